The number of morpholine rings is 1. The van der Waals surface area contributed by atoms with Gasteiger partial charge in [0.15, 0.2) is 5.78 Å². The first-order valence-corrected chi connectivity index (χ1v) is 7.74. The summed E-state index contributed by atoms with van der Waals surface area (Å²) in [6, 6.07) is 4.97. The smallest absolute Gasteiger partial charge is 0.178 e. The lowest BCUT2D eigenvalue weighted by molar-refractivity contribution is -0.178. The number of carbonyl (C=O) groups excluding carboxylic acids is 1. The van der Waals surface area contributed by atoms with Crippen molar-refractivity contribution < 1.29 is 9.53 Å². The molecule has 1 heterocycles. The molecule has 1 saturated heterocycles. The number of ether oxygens (including phenoxy) is 1. The molecule has 5 heteroatoms. The van der Waals surface area contributed by atoms with Crippen LogP contribution in [0.1, 0.15) is 38.1 Å². The molecular weight excluding hydrogens is 309 g/mol. The van der Waals surface area contributed by atoms with Crippen LogP contribution in [0.2, 0.25) is 10.0 Å². The highest BCUT2D eigenvalue weighted by molar-refractivity contribution is 6.36. The Morgan fingerprint density at radius 1 is 1.19 bits per heavy atom. The number of carbonyl (C=O) groups is 1. The summed E-state index contributed by atoms with van der Waals surface area (Å²) in [6.45, 7) is 9.93. The van der Waals surface area contributed by atoms with Gasteiger partial charge in [-0.05, 0) is 45.9 Å². The van der Waals surface area contributed by atoms with Crippen molar-refractivity contribution in [2.75, 3.05) is 19.6 Å². The largest absolute Gasteiger partial charge is 0.367 e. The first-order valence-electron chi connectivity index (χ1n) is 6.99. The van der Waals surface area contributed by atoms with Crippen LogP contribution in [0, 0.1) is 0 Å². The molecule has 0 radical (unpaired) electrons. The lowest BCUT2D eigenvalue weighted by Crippen LogP contribution is -2.58. The molecule has 1 aliphatic heterocycles. The fourth-order valence-corrected chi connectivity index (χ4v) is 3.57. The van der Waals surface area contributed by atoms with Gasteiger partial charge in [-0.1, -0.05) is 23.2 Å². The van der Waals surface area contributed by atoms with Crippen LogP contribution in [0.5, 0.6) is 0 Å². The fourth-order valence-electron chi connectivity index (χ4n) is 3.06. The van der Waals surface area contributed by atoms with Gasteiger partial charge < -0.3 is 4.74 Å². The van der Waals surface area contributed by atoms with Gasteiger partial charge in [0.1, 0.15) is 0 Å². The molecule has 0 spiro atoms. The maximum absolute atomic E-state index is 12.5. The van der Waals surface area contributed by atoms with Crippen LogP contribution < -0.4 is 0 Å². The molecular formula is C16H21Cl2NO2. The molecule has 2 rings (SSSR count). The summed E-state index contributed by atoms with van der Waals surface area (Å²) in [4.78, 5) is 14.6. The van der Waals surface area contributed by atoms with E-state index in [1.807, 2.05) is 27.7 Å². The molecule has 1 fully saturated rings. The molecule has 0 amide bonds. The molecule has 0 N–H and O–H groups in total. The minimum absolute atomic E-state index is 0.00478. The Labute approximate surface area is 136 Å². The van der Waals surface area contributed by atoms with E-state index in [9.17, 15) is 4.79 Å². The van der Waals surface area contributed by atoms with Gasteiger partial charge in [0, 0.05) is 23.7 Å². The highest BCUT2D eigenvalue weighted by Crippen LogP contribution is 2.28. The summed E-state index contributed by atoms with van der Waals surface area (Å²) in [5.74, 6) is 0.00478. The van der Waals surface area contributed by atoms with Crippen molar-refractivity contribution in [3.8, 4) is 0 Å². The SMILES string of the molecule is CC1(C)CN(CC(=O)c2ccc(Cl)cc2Cl)CC(C)(C)O1. The van der Waals surface area contributed by atoms with Crippen LogP contribution in [0.25, 0.3) is 0 Å². The number of ketones is 1. The molecule has 0 saturated carbocycles. The summed E-state index contributed by atoms with van der Waals surface area (Å²) in [5.41, 5.74) is -0.0272. The second-order valence-electron chi connectivity index (χ2n) is 6.81. The minimum atomic E-state index is -0.272. The lowest BCUT2D eigenvalue weighted by Gasteiger charge is -2.47. The zero-order chi connectivity index (χ0) is 15.8. The molecule has 0 aliphatic carbocycles. The van der Waals surface area contributed by atoms with E-state index in [2.05, 4.69) is 4.90 Å². The van der Waals surface area contributed by atoms with Crippen LogP contribution in [0.15, 0.2) is 18.2 Å². The molecule has 1 aliphatic rings. The Morgan fingerprint density at radius 2 is 1.76 bits per heavy atom. The molecule has 21 heavy (non-hydrogen) atoms. The second kappa shape index (κ2) is 5.88. The normalized spacial score (nSPS) is 21.2. The first-order chi connectivity index (χ1) is 9.58. The van der Waals surface area contributed by atoms with Crippen LogP contribution in [0.4, 0.5) is 0 Å². The predicted molar refractivity (Wildman–Crippen MR) is 86.5 cm³/mol. The highest BCUT2D eigenvalue weighted by Gasteiger charge is 2.38. The second-order valence-corrected chi connectivity index (χ2v) is 7.66. The number of benzene rings is 1. The van der Waals surface area contributed by atoms with Crippen molar-refractivity contribution in [2.45, 2.75) is 38.9 Å². The summed E-state index contributed by atoms with van der Waals surface area (Å²) in [6.07, 6.45) is 0. The van der Waals surface area contributed by atoms with Crippen LogP contribution in [-0.4, -0.2) is 41.5 Å². The van der Waals surface area contributed by atoms with E-state index >= 15 is 0 Å². The molecule has 3 nitrogen and oxygen atoms in total. The monoisotopic (exact) mass is 329 g/mol. The number of Topliss-reactive ketones (excluding diaryl/α,β-unsaturated/α-hetero) is 1. The standard InChI is InChI=1S/C16H21Cl2NO2/c1-15(2)9-19(10-16(3,4)21-15)8-14(20)12-6-5-11(17)7-13(12)18/h5-7H,8-10H2,1-4H3. The third-order valence-corrected chi connectivity index (χ3v) is 3.91. The van der Waals surface area contributed by atoms with Crippen LogP contribution in [-0.2, 0) is 4.74 Å². The van der Waals surface area contributed by atoms with E-state index in [4.69, 9.17) is 27.9 Å². The molecule has 1 aromatic carbocycles. The summed E-state index contributed by atoms with van der Waals surface area (Å²) < 4.78 is 6.02. The third kappa shape index (κ3) is 4.43. The number of halogens is 2. The Balaban J connectivity index is 2.12. The zero-order valence-electron chi connectivity index (χ0n) is 12.9. The van der Waals surface area contributed by atoms with Crippen molar-refractivity contribution in [1.82, 2.24) is 4.90 Å². The van der Waals surface area contributed by atoms with Gasteiger partial charge >= 0.3 is 0 Å². The Morgan fingerprint density at radius 3 is 2.29 bits per heavy atom. The number of rotatable bonds is 3. The summed E-state index contributed by atoms with van der Waals surface area (Å²) in [5, 5.41) is 0.935. The van der Waals surface area contributed by atoms with E-state index in [-0.39, 0.29) is 17.0 Å². The van der Waals surface area contributed by atoms with Crippen molar-refractivity contribution in [3.63, 3.8) is 0 Å². The average Bonchev–Trinajstić information content (AvgIpc) is 2.23. The van der Waals surface area contributed by atoms with Crippen LogP contribution >= 0.6 is 23.2 Å². The fraction of sp³-hybridized carbons (Fsp3) is 0.562. The maximum atomic E-state index is 12.5. The van der Waals surface area contributed by atoms with Crippen molar-refractivity contribution in [2.24, 2.45) is 0 Å². The lowest BCUT2D eigenvalue weighted by atomic mass is 9.98. The summed E-state index contributed by atoms with van der Waals surface area (Å²) >= 11 is 12.0. The van der Waals surface area contributed by atoms with Gasteiger partial charge in [0.05, 0.1) is 22.8 Å². The van der Waals surface area contributed by atoms with Gasteiger partial charge in [-0.2, -0.15) is 0 Å². The number of hydrogen-bond acceptors (Lipinski definition) is 3. The van der Waals surface area contributed by atoms with Gasteiger partial charge in [-0.3, -0.25) is 9.69 Å². The van der Waals surface area contributed by atoms with Gasteiger partial charge in [0.2, 0.25) is 0 Å². The molecule has 1 aromatic rings. The van der Waals surface area contributed by atoms with Crippen molar-refractivity contribution >= 4 is 29.0 Å². The Kier molecular flexibility index (Phi) is 4.69. The average molecular weight is 330 g/mol. The van der Waals surface area contributed by atoms with E-state index in [0.717, 1.165) is 0 Å². The molecule has 116 valence electrons. The first kappa shape index (κ1) is 16.8. The van der Waals surface area contributed by atoms with Gasteiger partial charge in [-0.15, -0.1) is 0 Å². The van der Waals surface area contributed by atoms with E-state index in [1.165, 1.54) is 0 Å². The van der Waals surface area contributed by atoms with E-state index < -0.39 is 0 Å². The van der Waals surface area contributed by atoms with Crippen LogP contribution in [0.3, 0.4) is 0 Å². The van der Waals surface area contributed by atoms with Gasteiger partial charge in [-0.25, -0.2) is 0 Å². The topological polar surface area (TPSA) is 29.5 Å². The third-order valence-electron chi connectivity index (χ3n) is 3.36. The Hall–Kier alpha value is -0.610. The predicted octanol–water partition coefficient (Wildman–Crippen LogP) is 4.07. The Bertz CT molecular complexity index is 539. The maximum Gasteiger partial charge on any atom is 0.178 e. The molecule has 0 aromatic heterocycles. The molecule has 0 atom stereocenters. The highest BCUT2D eigenvalue weighted by atomic mass is 35.5. The molecule has 0 unspecified atom stereocenters. The van der Waals surface area contributed by atoms with Crippen molar-refractivity contribution in [3.05, 3.63) is 33.8 Å². The van der Waals surface area contributed by atoms with E-state index in [0.29, 0.717) is 35.2 Å². The molecule has 0 bridgehead atoms. The zero-order valence-corrected chi connectivity index (χ0v) is 14.4. The number of hydrogen-bond donors (Lipinski definition) is 0. The quantitative estimate of drug-likeness (QED) is 0.783. The number of nitrogens with zero attached hydrogens (tertiary/aromatic N) is 1. The minimum Gasteiger partial charge on any atom is -0.367 e. The van der Waals surface area contributed by atoms with Gasteiger partial charge in [0.25, 0.3) is 0 Å². The van der Waals surface area contributed by atoms with E-state index in [1.54, 1.807) is 18.2 Å². The van der Waals surface area contributed by atoms with Crippen molar-refractivity contribution in [1.29, 1.82) is 0 Å². The summed E-state index contributed by atoms with van der Waals surface area (Å²) in [7, 11) is 0.